The van der Waals surface area contributed by atoms with Gasteiger partial charge in [0.05, 0.1) is 10.5 Å². The quantitative estimate of drug-likeness (QED) is 0.341. The maximum atomic E-state index is 12.3. The number of aromatic carboxylic acids is 1. The molecule has 10 nitrogen and oxygen atoms in total. The van der Waals surface area contributed by atoms with Crippen LogP contribution in [0.4, 0.5) is 0 Å². The highest BCUT2D eigenvalue weighted by atomic mass is 32.2. The summed E-state index contributed by atoms with van der Waals surface area (Å²) in [7, 11) is -6.41. The van der Waals surface area contributed by atoms with Crippen molar-refractivity contribution in [1.29, 1.82) is 0 Å². The Morgan fingerprint density at radius 3 is 2.42 bits per heavy atom. The van der Waals surface area contributed by atoms with Crippen molar-refractivity contribution < 1.29 is 38.0 Å². The molecule has 0 bridgehead atoms. The first-order chi connectivity index (χ1) is 12.2. The third-order valence-electron chi connectivity index (χ3n) is 3.24. The van der Waals surface area contributed by atoms with Crippen molar-refractivity contribution in [2.24, 2.45) is 0 Å². The molecule has 1 aromatic carbocycles. The smallest absolute Gasteiger partial charge is 0.478 e. The summed E-state index contributed by atoms with van der Waals surface area (Å²) in [6, 6.07) is 4.87. The second-order valence-electron chi connectivity index (χ2n) is 4.95. The fraction of sp³-hybridized carbons (Fsp3) is 0. The number of amides is 1. The maximum absolute atomic E-state index is 12.3. The molecule has 0 aliphatic heterocycles. The van der Waals surface area contributed by atoms with Crippen molar-refractivity contribution in [3.05, 3.63) is 53.3 Å². The van der Waals surface area contributed by atoms with Crippen molar-refractivity contribution >= 4 is 40.8 Å². The third-order valence-corrected chi connectivity index (χ3v) is 4.57. The lowest BCUT2D eigenvalue weighted by molar-refractivity contribution is 0.0696. The van der Waals surface area contributed by atoms with Crippen molar-refractivity contribution in [2.45, 2.75) is 4.90 Å². The Hall–Kier alpha value is -3.09. The van der Waals surface area contributed by atoms with E-state index in [1.807, 2.05) is 0 Å². The van der Waals surface area contributed by atoms with Crippen LogP contribution in [0.15, 0.2) is 41.4 Å². The number of carboxylic acids is 1. The number of pyridine rings is 1. The molecule has 0 unspecified atom stereocenters. The molecular formula is C14H11BN2O8S. The molecule has 12 heteroatoms. The van der Waals surface area contributed by atoms with Crippen LogP contribution >= 0.6 is 0 Å². The fourth-order valence-corrected chi connectivity index (χ4v) is 2.97. The van der Waals surface area contributed by atoms with Gasteiger partial charge in [0.1, 0.15) is 12.0 Å². The lowest BCUT2D eigenvalue weighted by Gasteiger charge is -2.09. The molecule has 134 valence electrons. The lowest BCUT2D eigenvalue weighted by Crippen LogP contribution is -2.35. The van der Waals surface area contributed by atoms with Crippen LogP contribution in [0.5, 0.6) is 0 Å². The van der Waals surface area contributed by atoms with Crippen LogP contribution in [0, 0.1) is 0 Å². The minimum absolute atomic E-state index is 0.207. The van der Waals surface area contributed by atoms with Crippen LogP contribution < -0.4 is 10.2 Å². The van der Waals surface area contributed by atoms with Gasteiger partial charge in [0.25, 0.3) is 15.9 Å². The number of nitrogens with one attached hydrogen (secondary N) is 1. The molecule has 26 heavy (non-hydrogen) atoms. The van der Waals surface area contributed by atoms with Crippen molar-refractivity contribution in [1.82, 2.24) is 9.71 Å². The van der Waals surface area contributed by atoms with Gasteiger partial charge in [-0.15, -0.1) is 0 Å². The molecule has 1 amide bonds. The molecule has 0 spiro atoms. The first kappa shape index (κ1) is 19.2. The lowest BCUT2D eigenvalue weighted by atomic mass is 9.77. The Morgan fingerprint density at radius 1 is 1.15 bits per heavy atom. The normalized spacial score (nSPS) is 10.8. The number of carbonyl (C=O) groups excluding carboxylic acids is 2. The molecular weight excluding hydrogens is 367 g/mol. The molecule has 0 aliphatic carbocycles. The molecule has 0 radical (unpaired) electrons. The number of aldehydes is 1. The molecule has 1 aromatic heterocycles. The van der Waals surface area contributed by atoms with E-state index in [-0.39, 0.29) is 22.9 Å². The number of nitrogens with zero attached hydrogens (tertiary/aromatic N) is 1. The van der Waals surface area contributed by atoms with Crippen molar-refractivity contribution in [3.63, 3.8) is 0 Å². The van der Waals surface area contributed by atoms with E-state index in [0.29, 0.717) is 0 Å². The molecule has 2 rings (SSSR count). The average Bonchev–Trinajstić information content (AvgIpc) is 2.60. The first-order valence-corrected chi connectivity index (χ1v) is 8.36. The third kappa shape index (κ3) is 4.11. The molecule has 1 heterocycles. The second-order valence-corrected chi connectivity index (χ2v) is 6.63. The molecule has 0 saturated heterocycles. The van der Waals surface area contributed by atoms with E-state index in [1.165, 1.54) is 0 Å². The highest BCUT2D eigenvalue weighted by Crippen LogP contribution is 2.11. The Kier molecular flexibility index (Phi) is 5.50. The van der Waals surface area contributed by atoms with Gasteiger partial charge in [-0.3, -0.25) is 14.6 Å². The monoisotopic (exact) mass is 378 g/mol. The van der Waals surface area contributed by atoms with Gasteiger partial charge in [0, 0.05) is 11.8 Å². The zero-order chi connectivity index (χ0) is 19.5. The van der Waals surface area contributed by atoms with Crippen LogP contribution in [0.3, 0.4) is 0 Å². The van der Waals surface area contributed by atoms with Crippen LogP contribution in [0.2, 0.25) is 0 Å². The van der Waals surface area contributed by atoms with E-state index in [9.17, 15) is 22.8 Å². The molecule has 0 aliphatic rings. The summed E-state index contributed by atoms with van der Waals surface area (Å²) in [4.78, 5) is 37.0. The zero-order valence-electron chi connectivity index (χ0n) is 12.9. The number of hydrogen-bond donors (Lipinski definition) is 4. The van der Waals surface area contributed by atoms with E-state index < -0.39 is 39.6 Å². The van der Waals surface area contributed by atoms with Crippen LogP contribution in [0.1, 0.15) is 31.2 Å². The van der Waals surface area contributed by atoms with Gasteiger partial charge in [-0.25, -0.2) is 17.9 Å². The van der Waals surface area contributed by atoms with Gasteiger partial charge in [-0.05, 0) is 29.7 Å². The number of rotatable bonds is 6. The summed E-state index contributed by atoms with van der Waals surface area (Å²) in [5.74, 6) is -2.50. The highest BCUT2D eigenvalue weighted by Gasteiger charge is 2.23. The summed E-state index contributed by atoms with van der Waals surface area (Å²) < 4.78 is 26.2. The minimum atomic E-state index is -4.42. The number of benzene rings is 1. The summed E-state index contributed by atoms with van der Waals surface area (Å²) >= 11 is 0. The largest absolute Gasteiger partial charge is 0.489 e. The van der Waals surface area contributed by atoms with Gasteiger partial charge >= 0.3 is 13.1 Å². The topological polar surface area (TPSA) is 171 Å². The standard InChI is InChI=1S/C14H11BN2O8S/c18-7-9-5-10(1-2-11(9)15(22)23)26(24,25)17-13(19)12-6-8(14(20)21)3-4-16-12/h1-7,22-23H,(H,17,19)(H,20,21). The van der Waals surface area contributed by atoms with Crippen molar-refractivity contribution in [3.8, 4) is 0 Å². The molecule has 0 fully saturated rings. The Bertz CT molecular complexity index is 990. The minimum Gasteiger partial charge on any atom is -0.478 e. The van der Waals surface area contributed by atoms with E-state index in [0.717, 1.165) is 36.5 Å². The van der Waals surface area contributed by atoms with Crippen LogP contribution in [0.25, 0.3) is 0 Å². The number of carboxylic acid groups (broad SMARTS) is 1. The highest BCUT2D eigenvalue weighted by molar-refractivity contribution is 7.90. The van der Waals surface area contributed by atoms with Gasteiger partial charge in [-0.2, -0.15) is 0 Å². The molecule has 4 N–H and O–H groups in total. The summed E-state index contributed by atoms with van der Waals surface area (Å²) in [5.41, 5.74) is -1.19. The fourth-order valence-electron chi connectivity index (χ4n) is 1.98. The number of hydrogen-bond acceptors (Lipinski definition) is 8. The van der Waals surface area contributed by atoms with E-state index >= 15 is 0 Å². The van der Waals surface area contributed by atoms with E-state index in [1.54, 1.807) is 4.72 Å². The van der Waals surface area contributed by atoms with Gasteiger partial charge in [0.2, 0.25) is 0 Å². The predicted molar refractivity (Wildman–Crippen MR) is 87.5 cm³/mol. The first-order valence-electron chi connectivity index (χ1n) is 6.87. The van der Waals surface area contributed by atoms with E-state index in [4.69, 9.17) is 15.2 Å². The summed E-state index contributed by atoms with van der Waals surface area (Å²) in [6.45, 7) is 0. The number of carbonyl (C=O) groups is 3. The molecule has 0 saturated carbocycles. The Labute approximate surface area is 147 Å². The SMILES string of the molecule is O=Cc1cc(S(=O)(=O)NC(=O)c2cc(C(=O)O)ccn2)ccc1B(O)O. The maximum Gasteiger partial charge on any atom is 0.489 e. The number of sulfonamides is 1. The second kappa shape index (κ2) is 7.43. The van der Waals surface area contributed by atoms with Crippen LogP contribution in [-0.2, 0) is 10.0 Å². The number of aromatic nitrogens is 1. The predicted octanol–water partition coefficient (Wildman–Crippen LogP) is -1.61. The molecule has 2 aromatic rings. The van der Waals surface area contributed by atoms with Crippen molar-refractivity contribution in [2.75, 3.05) is 0 Å². The summed E-state index contributed by atoms with van der Waals surface area (Å²) in [5, 5.41) is 27.1. The van der Waals surface area contributed by atoms with Gasteiger partial charge < -0.3 is 15.2 Å². The summed E-state index contributed by atoms with van der Waals surface area (Å²) in [6.07, 6.45) is 1.26. The Balaban J connectivity index is 2.34. The van der Waals surface area contributed by atoms with E-state index in [2.05, 4.69) is 4.98 Å². The van der Waals surface area contributed by atoms with Gasteiger partial charge in [0.15, 0.2) is 0 Å². The van der Waals surface area contributed by atoms with Crippen LogP contribution in [-0.4, -0.2) is 53.8 Å². The molecule has 0 atom stereocenters. The van der Waals surface area contributed by atoms with Gasteiger partial charge in [-0.1, -0.05) is 6.07 Å². The Morgan fingerprint density at radius 2 is 1.85 bits per heavy atom. The average molecular weight is 378 g/mol. The zero-order valence-corrected chi connectivity index (χ0v) is 13.7.